The molecule has 8 nitrogen and oxygen atoms in total. The van der Waals surface area contributed by atoms with Crippen molar-refractivity contribution < 1.29 is 19.4 Å². The van der Waals surface area contributed by atoms with Gasteiger partial charge < -0.3 is 25.0 Å². The number of aromatic nitrogens is 1. The first-order valence-electron chi connectivity index (χ1n) is 9.10. The second-order valence-corrected chi connectivity index (χ2v) is 8.29. The smallest absolute Gasteiger partial charge is 0.404 e. The number of carbonyl (C=O) groups is 2. The number of amides is 2. The minimum absolute atomic E-state index is 0.00474. The summed E-state index contributed by atoms with van der Waals surface area (Å²) < 4.78 is 8.19. The molecule has 2 aliphatic rings. The summed E-state index contributed by atoms with van der Waals surface area (Å²) in [5, 5.41) is 14.1. The molecule has 2 amide bonds. The third kappa shape index (κ3) is 4.82. The van der Waals surface area contributed by atoms with Crippen LogP contribution in [0.1, 0.15) is 38.5 Å². The zero-order valence-corrected chi connectivity index (χ0v) is 16.8. The van der Waals surface area contributed by atoms with Gasteiger partial charge in [-0.2, -0.15) is 0 Å². The van der Waals surface area contributed by atoms with Gasteiger partial charge in [0.15, 0.2) is 0 Å². The Morgan fingerprint density at radius 1 is 1.33 bits per heavy atom. The highest BCUT2D eigenvalue weighted by Gasteiger charge is 2.50. The molecular formula is C18H24BrN3O5. The molecule has 0 spiro atoms. The van der Waals surface area contributed by atoms with Crippen LogP contribution in [0.4, 0.5) is 4.79 Å². The van der Waals surface area contributed by atoms with Gasteiger partial charge in [0.2, 0.25) is 5.91 Å². The minimum atomic E-state index is -1.10. The summed E-state index contributed by atoms with van der Waals surface area (Å²) in [4.78, 5) is 34.9. The highest BCUT2D eigenvalue weighted by molar-refractivity contribution is 9.10. The van der Waals surface area contributed by atoms with E-state index in [1.165, 1.54) is 10.6 Å². The summed E-state index contributed by atoms with van der Waals surface area (Å²) in [6.45, 7) is 0.170. The number of halogens is 1. The van der Waals surface area contributed by atoms with Crippen molar-refractivity contribution in [3.63, 3.8) is 0 Å². The number of carboxylic acid groups (broad SMARTS) is 1. The van der Waals surface area contributed by atoms with Gasteiger partial charge in [-0.25, -0.2) is 4.79 Å². The van der Waals surface area contributed by atoms with Crippen LogP contribution in [0.5, 0.6) is 5.75 Å². The summed E-state index contributed by atoms with van der Waals surface area (Å²) in [5.41, 5.74) is -0.695. The van der Waals surface area contributed by atoms with Crippen LogP contribution in [-0.2, 0) is 11.8 Å². The van der Waals surface area contributed by atoms with Crippen LogP contribution in [0.25, 0.3) is 0 Å². The number of carbonyl (C=O) groups excluding carboxylic acids is 1. The molecule has 2 fully saturated rings. The number of aryl methyl sites for hydroxylation is 1. The summed E-state index contributed by atoms with van der Waals surface area (Å²) in [6, 6.07) is 1.55. The maximum atomic E-state index is 12.5. The average molecular weight is 442 g/mol. The largest absolute Gasteiger partial charge is 0.489 e. The van der Waals surface area contributed by atoms with Crippen LogP contribution < -0.4 is 20.9 Å². The van der Waals surface area contributed by atoms with E-state index in [1.807, 2.05) is 0 Å². The monoisotopic (exact) mass is 441 g/mol. The van der Waals surface area contributed by atoms with Gasteiger partial charge >= 0.3 is 6.09 Å². The Kier molecular flexibility index (Phi) is 5.78. The van der Waals surface area contributed by atoms with E-state index in [4.69, 9.17) is 9.84 Å². The van der Waals surface area contributed by atoms with E-state index in [-0.39, 0.29) is 30.2 Å². The van der Waals surface area contributed by atoms with Crippen LogP contribution >= 0.6 is 15.9 Å². The molecule has 1 heterocycles. The second kappa shape index (κ2) is 7.92. The summed E-state index contributed by atoms with van der Waals surface area (Å²) in [7, 11) is 1.68. The van der Waals surface area contributed by atoms with Gasteiger partial charge in [0, 0.05) is 31.9 Å². The molecule has 2 aliphatic carbocycles. The van der Waals surface area contributed by atoms with Crippen molar-refractivity contribution in [1.82, 2.24) is 15.2 Å². The summed E-state index contributed by atoms with van der Waals surface area (Å²) in [5.74, 6) is 0.484. The summed E-state index contributed by atoms with van der Waals surface area (Å²) in [6.07, 6.45) is 5.17. The first-order chi connectivity index (χ1) is 12.8. The first kappa shape index (κ1) is 19.7. The van der Waals surface area contributed by atoms with Gasteiger partial charge in [-0.1, -0.05) is 0 Å². The zero-order valence-electron chi connectivity index (χ0n) is 15.2. The Morgan fingerprint density at radius 3 is 2.59 bits per heavy atom. The lowest BCUT2D eigenvalue weighted by atomic mass is 9.92. The van der Waals surface area contributed by atoms with Crippen molar-refractivity contribution in [1.29, 1.82) is 0 Å². The Hall–Kier alpha value is -2.03. The van der Waals surface area contributed by atoms with Gasteiger partial charge in [0.1, 0.15) is 5.75 Å². The highest BCUT2D eigenvalue weighted by atomic mass is 79.9. The van der Waals surface area contributed by atoms with Crippen molar-refractivity contribution in [2.75, 3.05) is 6.54 Å². The molecule has 0 aliphatic heterocycles. The number of ether oxygens (including phenoxy) is 1. The Morgan fingerprint density at radius 2 is 2.00 bits per heavy atom. The van der Waals surface area contributed by atoms with E-state index in [9.17, 15) is 14.4 Å². The van der Waals surface area contributed by atoms with Crippen molar-refractivity contribution in [3.8, 4) is 5.75 Å². The lowest BCUT2D eigenvalue weighted by Gasteiger charge is -2.30. The molecule has 0 bridgehead atoms. The lowest BCUT2D eigenvalue weighted by molar-refractivity contribution is -0.127. The maximum Gasteiger partial charge on any atom is 0.404 e. The fourth-order valence-electron chi connectivity index (χ4n) is 3.39. The number of rotatable bonds is 6. The third-order valence-corrected chi connectivity index (χ3v) is 5.96. The van der Waals surface area contributed by atoms with E-state index in [2.05, 4.69) is 26.6 Å². The first-order valence-corrected chi connectivity index (χ1v) is 9.89. The van der Waals surface area contributed by atoms with Gasteiger partial charge in [-0.15, -0.1) is 0 Å². The minimum Gasteiger partial charge on any atom is -0.489 e. The quantitative estimate of drug-likeness (QED) is 0.625. The van der Waals surface area contributed by atoms with Crippen LogP contribution in [0.3, 0.4) is 0 Å². The van der Waals surface area contributed by atoms with Crippen LogP contribution in [0.15, 0.2) is 21.5 Å². The molecular weight excluding hydrogens is 418 g/mol. The topological polar surface area (TPSA) is 110 Å². The number of hydrogen-bond donors (Lipinski definition) is 3. The van der Waals surface area contributed by atoms with Crippen molar-refractivity contribution in [3.05, 3.63) is 27.1 Å². The Bertz CT molecular complexity index is 782. The number of hydrogen-bond acceptors (Lipinski definition) is 4. The third-order valence-electron chi connectivity index (χ3n) is 5.36. The van der Waals surface area contributed by atoms with E-state index in [0.29, 0.717) is 18.6 Å². The standard InChI is InChI=1S/C18H24BrN3O5/c1-22-9-13(19)14(8-15(22)23)27-12-4-2-11(3-5-12)21-16(24)18(6-7-18)10-20-17(25)26/h8-9,11-12,20H,2-7,10H2,1H3,(H,21,24)(H,25,26). The Balaban J connectivity index is 1.48. The van der Waals surface area contributed by atoms with E-state index < -0.39 is 11.5 Å². The number of pyridine rings is 1. The van der Waals surface area contributed by atoms with E-state index >= 15 is 0 Å². The van der Waals surface area contributed by atoms with Crippen molar-refractivity contribution >= 4 is 27.9 Å². The molecule has 0 radical (unpaired) electrons. The van der Waals surface area contributed by atoms with Crippen LogP contribution in [0, 0.1) is 5.41 Å². The predicted octanol–water partition coefficient (Wildman–Crippen LogP) is 2.00. The normalized spacial score (nSPS) is 23.3. The van der Waals surface area contributed by atoms with E-state index in [1.54, 1.807) is 13.2 Å². The van der Waals surface area contributed by atoms with Crippen LogP contribution in [0.2, 0.25) is 0 Å². The molecule has 148 valence electrons. The molecule has 9 heteroatoms. The van der Waals surface area contributed by atoms with Gasteiger partial charge in [0.05, 0.1) is 16.0 Å². The molecule has 0 aromatic carbocycles. The molecule has 27 heavy (non-hydrogen) atoms. The van der Waals surface area contributed by atoms with Crippen molar-refractivity contribution in [2.24, 2.45) is 12.5 Å². The number of nitrogens with zero attached hydrogens (tertiary/aromatic N) is 1. The summed E-state index contributed by atoms with van der Waals surface area (Å²) >= 11 is 3.42. The second-order valence-electron chi connectivity index (χ2n) is 7.44. The lowest BCUT2D eigenvalue weighted by Crippen LogP contribution is -2.46. The highest BCUT2D eigenvalue weighted by Crippen LogP contribution is 2.45. The average Bonchev–Trinajstić information content (AvgIpc) is 3.41. The predicted molar refractivity (Wildman–Crippen MR) is 102 cm³/mol. The number of nitrogens with one attached hydrogen (secondary N) is 2. The molecule has 0 atom stereocenters. The van der Waals surface area contributed by atoms with E-state index in [0.717, 1.165) is 30.2 Å². The van der Waals surface area contributed by atoms with Gasteiger partial charge in [-0.05, 0) is 54.5 Å². The Labute approximate surface area is 165 Å². The fraction of sp³-hybridized carbons (Fsp3) is 0.611. The molecule has 1 aromatic rings. The van der Waals surface area contributed by atoms with Gasteiger partial charge in [0.25, 0.3) is 5.56 Å². The van der Waals surface area contributed by atoms with Gasteiger partial charge in [-0.3, -0.25) is 9.59 Å². The molecule has 1 aromatic heterocycles. The molecule has 2 saturated carbocycles. The van der Waals surface area contributed by atoms with Crippen LogP contribution in [-0.4, -0.2) is 40.4 Å². The van der Waals surface area contributed by atoms with Crippen molar-refractivity contribution in [2.45, 2.75) is 50.7 Å². The molecule has 3 rings (SSSR count). The molecule has 0 unspecified atom stereocenters. The zero-order chi connectivity index (χ0) is 19.6. The molecule has 3 N–H and O–H groups in total. The SMILES string of the molecule is Cn1cc(Br)c(OC2CCC(NC(=O)C3(CNC(=O)O)CC3)CC2)cc1=O. The maximum absolute atomic E-state index is 12.5. The molecule has 0 saturated heterocycles. The fourth-order valence-corrected chi connectivity index (χ4v) is 3.91.